The average molecular weight is 450 g/mol. The van der Waals surface area contributed by atoms with Crippen LogP contribution in [0.2, 0.25) is 0 Å². The Morgan fingerprint density at radius 1 is 1.42 bits per heavy atom. The van der Waals surface area contributed by atoms with Crippen LogP contribution in [0.1, 0.15) is 13.8 Å². The summed E-state index contributed by atoms with van der Waals surface area (Å²) in [6, 6.07) is 0. The van der Waals surface area contributed by atoms with Crippen molar-refractivity contribution in [3.05, 3.63) is 12.4 Å². The lowest BCUT2D eigenvalue weighted by molar-refractivity contribution is -0.120. The highest BCUT2D eigenvalue weighted by Crippen LogP contribution is 2.15. The second-order valence-corrected chi connectivity index (χ2v) is 5.27. The lowest BCUT2D eigenvalue weighted by Gasteiger charge is -2.35. The van der Waals surface area contributed by atoms with Crippen LogP contribution >= 0.6 is 24.0 Å². The molecule has 136 valence electrons. The maximum Gasteiger partial charge on any atom is 0.246 e. The second-order valence-electron chi connectivity index (χ2n) is 5.27. The zero-order chi connectivity index (χ0) is 16.7. The van der Waals surface area contributed by atoms with Crippen molar-refractivity contribution >= 4 is 41.5 Å². The van der Waals surface area contributed by atoms with Gasteiger partial charge in [-0.15, -0.1) is 24.0 Å². The summed E-state index contributed by atoms with van der Waals surface area (Å²) in [7, 11) is 1.85. The summed E-state index contributed by atoms with van der Waals surface area (Å²) in [5, 5.41) is 7.37. The average Bonchev–Trinajstić information content (AvgIpc) is 2.96. The van der Waals surface area contributed by atoms with Crippen LogP contribution in [0.3, 0.4) is 0 Å². The van der Waals surface area contributed by atoms with Crippen molar-refractivity contribution in [2.75, 3.05) is 50.8 Å². The van der Waals surface area contributed by atoms with Gasteiger partial charge in [-0.3, -0.25) is 14.5 Å². The fourth-order valence-corrected chi connectivity index (χ4v) is 2.46. The van der Waals surface area contributed by atoms with E-state index in [9.17, 15) is 4.79 Å². The van der Waals surface area contributed by atoms with E-state index in [-0.39, 0.29) is 29.9 Å². The van der Waals surface area contributed by atoms with E-state index in [4.69, 9.17) is 4.74 Å². The lowest BCUT2D eigenvalue weighted by atomic mass is 10.3. The summed E-state index contributed by atoms with van der Waals surface area (Å²) in [6.45, 7) is 8.30. The Hall–Kier alpha value is -1.36. The minimum Gasteiger partial charge on any atom is -0.380 e. The van der Waals surface area contributed by atoms with Crippen LogP contribution in [0.4, 0.5) is 5.69 Å². The smallest absolute Gasteiger partial charge is 0.246 e. The molecule has 0 aliphatic carbocycles. The van der Waals surface area contributed by atoms with Gasteiger partial charge in [0.25, 0.3) is 0 Å². The van der Waals surface area contributed by atoms with E-state index >= 15 is 0 Å². The molecule has 1 aliphatic heterocycles. The van der Waals surface area contributed by atoms with E-state index in [1.807, 2.05) is 32.0 Å². The minimum atomic E-state index is 0. The third-order valence-electron chi connectivity index (χ3n) is 3.56. The van der Waals surface area contributed by atoms with E-state index < -0.39 is 0 Å². The van der Waals surface area contributed by atoms with Gasteiger partial charge in [-0.1, -0.05) is 0 Å². The number of amides is 1. The highest BCUT2D eigenvalue weighted by atomic mass is 127. The highest BCUT2D eigenvalue weighted by molar-refractivity contribution is 14.0. The number of carbonyl (C=O) groups is 1. The highest BCUT2D eigenvalue weighted by Gasteiger charge is 2.27. The molecule has 1 saturated heterocycles. The minimum absolute atomic E-state index is 0. The molecule has 0 atom stereocenters. The second kappa shape index (κ2) is 10.5. The SMILES string of the molecule is CCNC(=NCCOCC)N1CCN(c2cnn(C)c2)C(=O)C1.I. The van der Waals surface area contributed by atoms with Crippen LogP contribution in [-0.2, 0) is 16.6 Å². The van der Waals surface area contributed by atoms with Crippen molar-refractivity contribution in [1.82, 2.24) is 20.0 Å². The van der Waals surface area contributed by atoms with Crippen LogP contribution in [0.15, 0.2) is 17.4 Å². The molecule has 0 spiro atoms. The number of anilines is 1. The predicted molar refractivity (Wildman–Crippen MR) is 105 cm³/mol. The summed E-state index contributed by atoms with van der Waals surface area (Å²) in [5.41, 5.74) is 0.843. The van der Waals surface area contributed by atoms with Crippen molar-refractivity contribution in [3.63, 3.8) is 0 Å². The largest absolute Gasteiger partial charge is 0.380 e. The van der Waals surface area contributed by atoms with Crippen LogP contribution in [-0.4, -0.2) is 72.5 Å². The van der Waals surface area contributed by atoms with E-state index in [0.29, 0.717) is 32.8 Å². The molecule has 1 aromatic rings. The van der Waals surface area contributed by atoms with Gasteiger partial charge in [0, 0.05) is 39.5 Å². The molecule has 24 heavy (non-hydrogen) atoms. The summed E-state index contributed by atoms with van der Waals surface area (Å²) in [6.07, 6.45) is 3.57. The Morgan fingerprint density at radius 2 is 2.21 bits per heavy atom. The number of rotatable bonds is 6. The number of aliphatic imine (C=N–C) groups is 1. The number of hydrogen-bond acceptors (Lipinski definition) is 4. The maximum atomic E-state index is 12.4. The molecule has 2 heterocycles. The molecule has 0 radical (unpaired) electrons. The van der Waals surface area contributed by atoms with E-state index in [1.54, 1.807) is 15.8 Å². The number of halogens is 1. The number of carbonyl (C=O) groups excluding carboxylic acids is 1. The van der Waals surface area contributed by atoms with Gasteiger partial charge in [-0.25, -0.2) is 0 Å². The molecule has 2 rings (SSSR count). The van der Waals surface area contributed by atoms with Crippen molar-refractivity contribution < 1.29 is 9.53 Å². The van der Waals surface area contributed by atoms with E-state index in [0.717, 1.165) is 24.7 Å². The normalized spacial score (nSPS) is 15.5. The Kier molecular flexibility index (Phi) is 9.04. The molecular weight excluding hydrogens is 423 g/mol. The molecule has 0 unspecified atom stereocenters. The van der Waals surface area contributed by atoms with Gasteiger partial charge in [0.05, 0.1) is 25.0 Å². The third kappa shape index (κ3) is 5.62. The molecule has 1 N–H and O–H groups in total. The monoisotopic (exact) mass is 450 g/mol. The quantitative estimate of drug-likeness (QED) is 0.299. The first-order chi connectivity index (χ1) is 11.2. The number of ether oxygens (including phenoxy) is 1. The number of hydrogen-bond donors (Lipinski definition) is 1. The summed E-state index contributed by atoms with van der Waals surface area (Å²) < 4.78 is 7.01. The first kappa shape index (κ1) is 20.7. The predicted octanol–water partition coefficient (Wildman–Crippen LogP) is 0.689. The standard InChI is InChI=1S/C15H26N6O2.HI/c1-4-16-15(17-6-9-23-5-2)20-7-8-21(14(22)12-20)13-10-18-19(3)11-13;/h10-11H,4-9,12H2,1-3H3,(H,16,17);1H. The summed E-state index contributed by atoms with van der Waals surface area (Å²) >= 11 is 0. The van der Waals surface area contributed by atoms with E-state index in [2.05, 4.69) is 15.4 Å². The first-order valence-electron chi connectivity index (χ1n) is 8.05. The molecule has 1 amide bonds. The molecule has 8 nitrogen and oxygen atoms in total. The van der Waals surface area contributed by atoms with Crippen molar-refractivity contribution in [1.29, 1.82) is 0 Å². The lowest BCUT2D eigenvalue weighted by Crippen LogP contribution is -2.55. The molecule has 0 saturated carbocycles. The van der Waals surface area contributed by atoms with Crippen molar-refractivity contribution in [3.8, 4) is 0 Å². The van der Waals surface area contributed by atoms with Crippen LogP contribution < -0.4 is 10.2 Å². The number of aromatic nitrogens is 2. The molecule has 9 heteroatoms. The fourth-order valence-electron chi connectivity index (χ4n) is 2.46. The fraction of sp³-hybridized carbons (Fsp3) is 0.667. The zero-order valence-corrected chi connectivity index (χ0v) is 16.9. The molecule has 0 aromatic carbocycles. The van der Waals surface area contributed by atoms with Crippen LogP contribution in [0.25, 0.3) is 0 Å². The molecular formula is C15H27IN6O2. The summed E-state index contributed by atoms with van der Waals surface area (Å²) in [4.78, 5) is 20.7. The Balaban J connectivity index is 0.00000288. The van der Waals surface area contributed by atoms with Gasteiger partial charge in [0.1, 0.15) is 6.54 Å². The van der Waals surface area contributed by atoms with Crippen molar-refractivity contribution in [2.24, 2.45) is 12.0 Å². The van der Waals surface area contributed by atoms with Gasteiger partial charge in [-0.2, -0.15) is 5.10 Å². The topological polar surface area (TPSA) is 75.0 Å². The van der Waals surface area contributed by atoms with Gasteiger partial charge in [-0.05, 0) is 13.8 Å². The van der Waals surface area contributed by atoms with Crippen LogP contribution in [0.5, 0.6) is 0 Å². The third-order valence-corrected chi connectivity index (χ3v) is 3.56. The number of aryl methyl sites for hydroxylation is 1. The maximum absolute atomic E-state index is 12.4. The van der Waals surface area contributed by atoms with Crippen LogP contribution in [0, 0.1) is 0 Å². The van der Waals surface area contributed by atoms with Gasteiger partial charge in [0.2, 0.25) is 5.91 Å². The molecule has 1 aliphatic rings. The van der Waals surface area contributed by atoms with Gasteiger partial charge >= 0.3 is 0 Å². The Morgan fingerprint density at radius 3 is 2.79 bits per heavy atom. The Bertz CT molecular complexity index is 548. The molecule has 0 bridgehead atoms. The first-order valence-corrected chi connectivity index (χ1v) is 8.05. The summed E-state index contributed by atoms with van der Waals surface area (Å²) in [5.74, 6) is 0.825. The zero-order valence-electron chi connectivity index (χ0n) is 14.6. The number of guanidine groups is 1. The van der Waals surface area contributed by atoms with E-state index in [1.165, 1.54) is 0 Å². The molecule has 1 fully saturated rings. The molecule has 1 aromatic heterocycles. The van der Waals surface area contributed by atoms with Gasteiger partial charge < -0.3 is 19.9 Å². The number of nitrogens with one attached hydrogen (secondary N) is 1. The number of piperazine rings is 1. The van der Waals surface area contributed by atoms with Gasteiger partial charge in [0.15, 0.2) is 5.96 Å². The van der Waals surface area contributed by atoms with Crippen molar-refractivity contribution in [2.45, 2.75) is 13.8 Å². The Labute approximate surface area is 160 Å². The number of nitrogens with zero attached hydrogens (tertiary/aromatic N) is 5.